The second-order valence-corrected chi connectivity index (χ2v) is 7.45. The van der Waals surface area contributed by atoms with Crippen LogP contribution in [0.2, 0.25) is 0 Å². The van der Waals surface area contributed by atoms with Gasteiger partial charge in [-0.1, -0.05) is 25.8 Å². The number of rotatable bonds is 7. The molecule has 1 aromatic rings. The maximum absolute atomic E-state index is 4.81. The number of unbranched alkanes of at least 4 members (excludes halogenated alkanes) is 1. The maximum atomic E-state index is 4.81. The van der Waals surface area contributed by atoms with Gasteiger partial charge in [-0.25, -0.2) is 4.98 Å². The van der Waals surface area contributed by atoms with Crippen molar-refractivity contribution in [3.05, 3.63) is 23.9 Å². The Kier molecular flexibility index (Phi) is 6.88. The Morgan fingerprint density at radius 3 is 2.48 bits per heavy atom. The summed E-state index contributed by atoms with van der Waals surface area (Å²) < 4.78 is 0. The SMILES string of the molecule is CCCCN1CCCCC1c1ccc(N(C(C)C)C(C)C)nc1. The van der Waals surface area contributed by atoms with Gasteiger partial charge in [0.25, 0.3) is 0 Å². The van der Waals surface area contributed by atoms with E-state index in [1.165, 1.54) is 50.8 Å². The topological polar surface area (TPSA) is 19.4 Å². The molecule has 130 valence electrons. The summed E-state index contributed by atoms with van der Waals surface area (Å²) in [6.07, 6.45) is 8.68. The molecule has 0 amide bonds. The number of piperidine rings is 1. The van der Waals surface area contributed by atoms with Gasteiger partial charge in [0.2, 0.25) is 0 Å². The monoisotopic (exact) mass is 317 g/mol. The standard InChI is InChI=1S/C20H35N3/c1-6-7-13-22-14-9-8-10-19(22)18-11-12-20(21-15-18)23(16(2)3)17(4)5/h11-12,15-17,19H,6-10,13-14H2,1-5H3. The quantitative estimate of drug-likeness (QED) is 0.703. The average molecular weight is 318 g/mol. The van der Waals surface area contributed by atoms with E-state index < -0.39 is 0 Å². The highest BCUT2D eigenvalue weighted by atomic mass is 15.2. The third kappa shape index (κ3) is 4.69. The van der Waals surface area contributed by atoms with Gasteiger partial charge in [-0.15, -0.1) is 0 Å². The first-order valence-electron chi connectivity index (χ1n) is 9.53. The number of aromatic nitrogens is 1. The van der Waals surface area contributed by atoms with Gasteiger partial charge in [0.1, 0.15) is 5.82 Å². The van der Waals surface area contributed by atoms with E-state index in [0.29, 0.717) is 18.1 Å². The maximum Gasteiger partial charge on any atom is 0.128 e. The Labute approximate surface area is 143 Å². The Morgan fingerprint density at radius 1 is 1.17 bits per heavy atom. The Balaban J connectivity index is 2.13. The van der Waals surface area contributed by atoms with Gasteiger partial charge in [0, 0.05) is 24.3 Å². The molecule has 0 bridgehead atoms. The van der Waals surface area contributed by atoms with E-state index >= 15 is 0 Å². The van der Waals surface area contributed by atoms with Gasteiger partial charge >= 0.3 is 0 Å². The summed E-state index contributed by atoms with van der Waals surface area (Å²) in [4.78, 5) is 9.87. The molecule has 2 rings (SSSR count). The lowest BCUT2D eigenvalue weighted by Crippen LogP contribution is -2.38. The van der Waals surface area contributed by atoms with Crippen molar-refractivity contribution < 1.29 is 0 Å². The zero-order valence-electron chi connectivity index (χ0n) is 15.8. The number of likely N-dealkylation sites (tertiary alicyclic amines) is 1. The predicted molar refractivity (Wildman–Crippen MR) is 100 cm³/mol. The minimum Gasteiger partial charge on any atom is -0.352 e. The molecule has 2 heterocycles. The fourth-order valence-electron chi connectivity index (χ4n) is 3.87. The van der Waals surface area contributed by atoms with Gasteiger partial charge < -0.3 is 4.90 Å². The van der Waals surface area contributed by atoms with Crippen LogP contribution in [0.25, 0.3) is 0 Å². The molecule has 0 aliphatic carbocycles. The van der Waals surface area contributed by atoms with Crippen LogP contribution in [0.1, 0.15) is 78.3 Å². The van der Waals surface area contributed by atoms with Crippen LogP contribution < -0.4 is 4.90 Å². The lowest BCUT2D eigenvalue weighted by Gasteiger charge is -2.36. The first-order valence-corrected chi connectivity index (χ1v) is 9.53. The van der Waals surface area contributed by atoms with E-state index in [1.54, 1.807) is 0 Å². The first-order chi connectivity index (χ1) is 11.0. The van der Waals surface area contributed by atoms with Gasteiger partial charge in [-0.2, -0.15) is 0 Å². The molecule has 1 aliphatic heterocycles. The van der Waals surface area contributed by atoms with Crippen molar-refractivity contribution in [2.24, 2.45) is 0 Å². The van der Waals surface area contributed by atoms with Crippen LogP contribution in [-0.4, -0.2) is 35.1 Å². The smallest absolute Gasteiger partial charge is 0.128 e. The normalized spacial score (nSPS) is 19.5. The molecular weight excluding hydrogens is 282 g/mol. The highest BCUT2D eigenvalue weighted by molar-refractivity contribution is 5.41. The molecule has 0 radical (unpaired) electrons. The molecule has 1 unspecified atom stereocenters. The van der Waals surface area contributed by atoms with Crippen molar-refractivity contribution >= 4 is 5.82 Å². The highest BCUT2D eigenvalue weighted by Gasteiger charge is 2.24. The molecule has 0 spiro atoms. The van der Waals surface area contributed by atoms with Crippen LogP contribution in [0.15, 0.2) is 18.3 Å². The zero-order valence-corrected chi connectivity index (χ0v) is 15.8. The van der Waals surface area contributed by atoms with Crippen molar-refractivity contribution in [1.29, 1.82) is 0 Å². The van der Waals surface area contributed by atoms with Gasteiger partial charge in [-0.05, 0) is 71.7 Å². The van der Waals surface area contributed by atoms with Crippen molar-refractivity contribution in [2.75, 3.05) is 18.0 Å². The summed E-state index contributed by atoms with van der Waals surface area (Å²) in [5, 5.41) is 0. The molecule has 0 aromatic carbocycles. The summed E-state index contributed by atoms with van der Waals surface area (Å²) in [6, 6.07) is 6.06. The molecule has 3 heteroatoms. The molecular formula is C20H35N3. The molecule has 0 N–H and O–H groups in total. The highest BCUT2D eigenvalue weighted by Crippen LogP contribution is 2.31. The predicted octanol–water partition coefficient (Wildman–Crippen LogP) is 5.03. The largest absolute Gasteiger partial charge is 0.352 e. The van der Waals surface area contributed by atoms with Gasteiger partial charge in [-0.3, -0.25) is 4.90 Å². The molecule has 23 heavy (non-hydrogen) atoms. The molecule has 1 atom stereocenters. The first kappa shape index (κ1) is 18.3. The fraction of sp³-hybridized carbons (Fsp3) is 0.750. The van der Waals surface area contributed by atoms with Crippen molar-refractivity contribution in [3.8, 4) is 0 Å². The average Bonchev–Trinajstić information content (AvgIpc) is 2.53. The number of hydrogen-bond donors (Lipinski definition) is 0. The van der Waals surface area contributed by atoms with Crippen LogP contribution in [0, 0.1) is 0 Å². The lowest BCUT2D eigenvalue weighted by atomic mass is 9.96. The molecule has 0 saturated carbocycles. The second kappa shape index (κ2) is 8.68. The van der Waals surface area contributed by atoms with Crippen molar-refractivity contribution in [3.63, 3.8) is 0 Å². The number of anilines is 1. The number of hydrogen-bond acceptors (Lipinski definition) is 3. The fourth-order valence-corrected chi connectivity index (χ4v) is 3.87. The van der Waals surface area contributed by atoms with E-state index in [0.717, 1.165) is 5.82 Å². The Bertz CT molecular complexity index is 444. The minimum atomic E-state index is 0.476. The van der Waals surface area contributed by atoms with Crippen molar-refractivity contribution in [2.45, 2.75) is 84.8 Å². The number of nitrogens with zero attached hydrogens (tertiary/aromatic N) is 3. The third-order valence-electron chi connectivity index (χ3n) is 4.95. The summed E-state index contributed by atoms with van der Waals surface area (Å²) in [5.74, 6) is 1.11. The molecule has 1 fully saturated rings. The zero-order chi connectivity index (χ0) is 16.8. The molecule has 1 saturated heterocycles. The van der Waals surface area contributed by atoms with Crippen LogP contribution in [0.3, 0.4) is 0 Å². The summed E-state index contributed by atoms with van der Waals surface area (Å²) in [5.41, 5.74) is 1.40. The van der Waals surface area contributed by atoms with E-state index in [2.05, 4.69) is 62.7 Å². The summed E-state index contributed by atoms with van der Waals surface area (Å²) in [6.45, 7) is 13.7. The summed E-state index contributed by atoms with van der Waals surface area (Å²) >= 11 is 0. The van der Waals surface area contributed by atoms with E-state index in [1.807, 2.05) is 0 Å². The minimum absolute atomic E-state index is 0.476. The lowest BCUT2D eigenvalue weighted by molar-refractivity contribution is 0.146. The van der Waals surface area contributed by atoms with E-state index in [-0.39, 0.29) is 0 Å². The van der Waals surface area contributed by atoms with Gasteiger partial charge in [0.15, 0.2) is 0 Å². The Morgan fingerprint density at radius 2 is 1.91 bits per heavy atom. The Hall–Kier alpha value is -1.09. The van der Waals surface area contributed by atoms with Crippen LogP contribution in [0.5, 0.6) is 0 Å². The van der Waals surface area contributed by atoms with Crippen molar-refractivity contribution in [1.82, 2.24) is 9.88 Å². The second-order valence-electron chi connectivity index (χ2n) is 7.45. The van der Waals surface area contributed by atoms with Crippen LogP contribution in [0.4, 0.5) is 5.82 Å². The van der Waals surface area contributed by atoms with Gasteiger partial charge in [0.05, 0.1) is 0 Å². The molecule has 3 nitrogen and oxygen atoms in total. The number of pyridine rings is 1. The van der Waals surface area contributed by atoms with E-state index in [9.17, 15) is 0 Å². The van der Waals surface area contributed by atoms with E-state index in [4.69, 9.17) is 4.98 Å². The molecule has 1 aliphatic rings. The molecule has 1 aromatic heterocycles. The third-order valence-corrected chi connectivity index (χ3v) is 4.95. The van der Waals surface area contributed by atoms with Crippen LogP contribution in [-0.2, 0) is 0 Å². The summed E-state index contributed by atoms with van der Waals surface area (Å²) in [7, 11) is 0. The van der Waals surface area contributed by atoms with Crippen LogP contribution >= 0.6 is 0 Å².